The largest absolute Gasteiger partial charge is 0.505 e. The van der Waals surface area contributed by atoms with Gasteiger partial charge in [-0.25, -0.2) is 4.98 Å². The van der Waals surface area contributed by atoms with E-state index in [2.05, 4.69) is 15.2 Å². The normalized spacial score (nSPS) is 11.7. The maximum Gasteiger partial charge on any atom is 0.231 e. The first-order chi connectivity index (χ1) is 11.2. The third-order valence-electron chi connectivity index (χ3n) is 3.73. The van der Waals surface area contributed by atoms with Crippen molar-refractivity contribution in [2.24, 2.45) is 10.2 Å². The van der Waals surface area contributed by atoms with Gasteiger partial charge in [0.1, 0.15) is 5.69 Å². The molecule has 0 fully saturated rings. The van der Waals surface area contributed by atoms with Crippen molar-refractivity contribution in [2.75, 3.05) is 0 Å². The van der Waals surface area contributed by atoms with Crippen LogP contribution in [0, 0.1) is 6.92 Å². The van der Waals surface area contributed by atoms with Crippen molar-refractivity contribution in [3.63, 3.8) is 0 Å². The van der Waals surface area contributed by atoms with Crippen LogP contribution in [-0.2, 0) is 0 Å². The fourth-order valence-electron chi connectivity index (χ4n) is 2.60. The van der Waals surface area contributed by atoms with Gasteiger partial charge in [-0.3, -0.25) is 0 Å². The molecule has 0 saturated carbocycles. The molecule has 4 aromatic rings. The number of rotatable bonds is 2. The molecule has 1 heterocycles. The Kier molecular flexibility index (Phi) is 3.28. The number of fused-ring (bicyclic) bond motifs is 2. The first-order valence-corrected chi connectivity index (χ1v) is 8.02. The van der Waals surface area contributed by atoms with E-state index in [0.717, 1.165) is 26.6 Å². The quantitative estimate of drug-likeness (QED) is 0.469. The highest BCUT2D eigenvalue weighted by atomic mass is 32.1. The van der Waals surface area contributed by atoms with Crippen molar-refractivity contribution in [1.82, 2.24) is 4.98 Å². The second kappa shape index (κ2) is 5.44. The van der Waals surface area contributed by atoms with E-state index in [1.165, 1.54) is 11.3 Å². The molecule has 3 aromatic carbocycles. The Morgan fingerprint density at radius 2 is 1.70 bits per heavy atom. The summed E-state index contributed by atoms with van der Waals surface area (Å²) in [5.74, 6) is 0.149. The summed E-state index contributed by atoms with van der Waals surface area (Å²) >= 11 is 1.48. The summed E-state index contributed by atoms with van der Waals surface area (Å²) in [6.07, 6.45) is 0. The van der Waals surface area contributed by atoms with Crippen molar-refractivity contribution in [2.45, 2.75) is 6.92 Å². The number of para-hydroxylation sites is 1. The topological polar surface area (TPSA) is 57.8 Å². The molecular formula is C18H13N3OS. The highest BCUT2D eigenvalue weighted by molar-refractivity contribution is 7.21. The molecule has 23 heavy (non-hydrogen) atoms. The average Bonchev–Trinajstić information content (AvgIpc) is 3.00. The Morgan fingerprint density at radius 3 is 2.52 bits per heavy atom. The van der Waals surface area contributed by atoms with E-state index in [4.69, 9.17) is 0 Å². The van der Waals surface area contributed by atoms with E-state index >= 15 is 0 Å². The van der Waals surface area contributed by atoms with Gasteiger partial charge in [-0.15, -0.1) is 10.2 Å². The first-order valence-electron chi connectivity index (χ1n) is 7.21. The van der Waals surface area contributed by atoms with E-state index in [1.807, 2.05) is 61.5 Å². The maximum atomic E-state index is 10.4. The Bertz CT molecular complexity index is 1020. The monoisotopic (exact) mass is 319 g/mol. The number of aryl methyl sites for hydroxylation is 1. The van der Waals surface area contributed by atoms with Gasteiger partial charge in [0, 0.05) is 5.39 Å². The minimum atomic E-state index is 0.149. The van der Waals surface area contributed by atoms with E-state index in [0.29, 0.717) is 10.8 Å². The van der Waals surface area contributed by atoms with Crippen LogP contribution in [0.1, 0.15) is 5.56 Å². The second-order valence-electron chi connectivity index (χ2n) is 5.27. The van der Waals surface area contributed by atoms with Crippen LogP contribution in [-0.4, -0.2) is 10.1 Å². The molecule has 0 saturated heterocycles. The van der Waals surface area contributed by atoms with Gasteiger partial charge in [0.05, 0.1) is 10.2 Å². The molecule has 0 spiro atoms. The molecule has 4 rings (SSSR count). The molecule has 1 N–H and O–H groups in total. The van der Waals surface area contributed by atoms with Crippen molar-refractivity contribution in [1.29, 1.82) is 0 Å². The zero-order chi connectivity index (χ0) is 15.8. The van der Waals surface area contributed by atoms with Crippen LogP contribution in [0.3, 0.4) is 0 Å². The summed E-state index contributed by atoms with van der Waals surface area (Å²) in [6.45, 7) is 2.00. The van der Waals surface area contributed by atoms with Crippen molar-refractivity contribution >= 4 is 43.1 Å². The van der Waals surface area contributed by atoms with Gasteiger partial charge < -0.3 is 5.11 Å². The zero-order valence-electron chi connectivity index (χ0n) is 12.4. The number of aromatic hydroxyl groups is 1. The Hall–Kier alpha value is -2.79. The lowest BCUT2D eigenvalue weighted by atomic mass is 10.0. The predicted octanol–water partition coefficient (Wildman–Crippen LogP) is 5.88. The van der Waals surface area contributed by atoms with Crippen LogP contribution >= 0.6 is 11.3 Å². The number of phenols is 1. The SMILES string of the molecule is Cc1cc(N=Nc2nc3ccccc3s2)c(O)c2ccccc12. The number of nitrogens with zero attached hydrogens (tertiary/aromatic N) is 3. The molecule has 1 aromatic heterocycles. The molecular weight excluding hydrogens is 306 g/mol. The molecule has 0 aliphatic rings. The third-order valence-corrected chi connectivity index (χ3v) is 4.65. The van der Waals surface area contributed by atoms with Crippen molar-refractivity contribution in [3.05, 3.63) is 60.2 Å². The van der Waals surface area contributed by atoms with Gasteiger partial charge >= 0.3 is 0 Å². The number of benzene rings is 3. The van der Waals surface area contributed by atoms with E-state index in [-0.39, 0.29) is 5.75 Å². The summed E-state index contributed by atoms with van der Waals surface area (Å²) < 4.78 is 1.07. The summed E-state index contributed by atoms with van der Waals surface area (Å²) in [5.41, 5.74) is 2.42. The summed E-state index contributed by atoms with van der Waals surface area (Å²) in [4.78, 5) is 4.42. The van der Waals surface area contributed by atoms with Crippen LogP contribution in [0.2, 0.25) is 0 Å². The maximum absolute atomic E-state index is 10.4. The highest BCUT2D eigenvalue weighted by Gasteiger charge is 2.09. The molecule has 0 atom stereocenters. The summed E-state index contributed by atoms with van der Waals surface area (Å²) in [5, 5.41) is 21.2. The number of thiazole rings is 1. The van der Waals surface area contributed by atoms with Crippen LogP contribution in [0.25, 0.3) is 21.0 Å². The molecule has 0 amide bonds. The third kappa shape index (κ3) is 2.45. The van der Waals surface area contributed by atoms with Crippen LogP contribution < -0.4 is 0 Å². The molecule has 0 bridgehead atoms. The molecule has 112 valence electrons. The Morgan fingerprint density at radius 1 is 0.957 bits per heavy atom. The van der Waals surface area contributed by atoms with E-state index < -0.39 is 0 Å². The number of hydrogen-bond acceptors (Lipinski definition) is 5. The average molecular weight is 319 g/mol. The minimum Gasteiger partial charge on any atom is -0.505 e. The molecule has 0 aliphatic heterocycles. The molecule has 0 radical (unpaired) electrons. The first kappa shape index (κ1) is 13.8. The number of aromatic nitrogens is 1. The number of phenolic OH excluding ortho intramolecular Hbond substituents is 1. The smallest absolute Gasteiger partial charge is 0.231 e. The molecule has 0 aliphatic carbocycles. The van der Waals surface area contributed by atoms with Gasteiger partial charge in [-0.05, 0) is 36.1 Å². The van der Waals surface area contributed by atoms with Crippen molar-refractivity contribution < 1.29 is 5.11 Å². The fraction of sp³-hybridized carbons (Fsp3) is 0.0556. The number of hydrogen-bond donors (Lipinski definition) is 1. The van der Waals surface area contributed by atoms with Crippen LogP contribution in [0.4, 0.5) is 10.8 Å². The zero-order valence-corrected chi connectivity index (χ0v) is 13.2. The Labute approximate surface area is 136 Å². The van der Waals surface area contributed by atoms with E-state index in [9.17, 15) is 5.11 Å². The van der Waals surface area contributed by atoms with Gasteiger partial charge in [0.15, 0.2) is 5.75 Å². The summed E-state index contributed by atoms with van der Waals surface area (Å²) in [7, 11) is 0. The second-order valence-corrected chi connectivity index (χ2v) is 6.28. The summed E-state index contributed by atoms with van der Waals surface area (Å²) in [6, 6.07) is 17.4. The molecule has 5 heteroatoms. The predicted molar refractivity (Wildman–Crippen MR) is 94.1 cm³/mol. The highest BCUT2D eigenvalue weighted by Crippen LogP contribution is 2.38. The van der Waals surface area contributed by atoms with E-state index in [1.54, 1.807) is 0 Å². The van der Waals surface area contributed by atoms with Crippen LogP contribution in [0.15, 0.2) is 64.8 Å². The van der Waals surface area contributed by atoms with Gasteiger partial charge in [-0.1, -0.05) is 47.7 Å². The fourth-order valence-corrected chi connectivity index (χ4v) is 3.39. The number of azo groups is 1. The van der Waals surface area contributed by atoms with Crippen molar-refractivity contribution in [3.8, 4) is 5.75 Å². The minimum absolute atomic E-state index is 0.149. The van der Waals surface area contributed by atoms with Gasteiger partial charge in [0.25, 0.3) is 0 Å². The molecule has 4 nitrogen and oxygen atoms in total. The van der Waals surface area contributed by atoms with Crippen LogP contribution in [0.5, 0.6) is 5.75 Å². The molecule has 0 unspecified atom stereocenters. The Balaban J connectivity index is 1.78. The standard InChI is InChI=1S/C18H13N3OS/c1-11-10-15(17(22)13-7-3-2-6-12(11)13)20-21-18-19-14-8-4-5-9-16(14)23-18/h2-10,22H,1H3. The lowest BCUT2D eigenvalue weighted by Crippen LogP contribution is -1.80. The lowest BCUT2D eigenvalue weighted by Gasteiger charge is -2.06. The lowest BCUT2D eigenvalue weighted by molar-refractivity contribution is 0.482. The van der Waals surface area contributed by atoms with Gasteiger partial charge in [-0.2, -0.15) is 0 Å². The van der Waals surface area contributed by atoms with Gasteiger partial charge in [0.2, 0.25) is 5.13 Å².